The lowest BCUT2D eigenvalue weighted by molar-refractivity contribution is -0.148. The highest BCUT2D eigenvalue weighted by Crippen LogP contribution is 2.40. The van der Waals surface area contributed by atoms with E-state index in [4.69, 9.17) is 9.47 Å². The number of phenolic OH excluding ortho intramolecular Hbond substituents is 1. The Hall–Kier alpha value is -3.43. The first kappa shape index (κ1) is 23.7. The molecule has 2 aliphatic heterocycles. The summed E-state index contributed by atoms with van der Waals surface area (Å²) in [5.41, 5.74) is 1.51. The first-order valence-electron chi connectivity index (χ1n) is 10.9. The van der Waals surface area contributed by atoms with Crippen molar-refractivity contribution in [3.05, 3.63) is 47.5 Å². The van der Waals surface area contributed by atoms with Gasteiger partial charge in [0, 0.05) is 31.8 Å². The van der Waals surface area contributed by atoms with E-state index in [1.165, 1.54) is 18.1 Å². The summed E-state index contributed by atoms with van der Waals surface area (Å²) in [5, 5.41) is 13.2. The van der Waals surface area contributed by atoms with Gasteiger partial charge in [-0.05, 0) is 41.8 Å². The summed E-state index contributed by atoms with van der Waals surface area (Å²) in [6, 6.07) is 9.54. The molecule has 0 aliphatic carbocycles. The van der Waals surface area contributed by atoms with Crippen LogP contribution < -0.4 is 14.8 Å². The zero-order valence-corrected chi connectivity index (χ0v) is 18.5. The topological polar surface area (TPSA) is 88.1 Å². The number of aryl methyl sites for hydroxylation is 1. The molecule has 4 bridgehead atoms. The van der Waals surface area contributed by atoms with Crippen LogP contribution in [-0.4, -0.2) is 54.2 Å². The monoisotopic (exact) mass is 478 g/mol. The van der Waals surface area contributed by atoms with Crippen molar-refractivity contribution in [2.75, 3.05) is 20.2 Å². The number of carbonyl (C=O) groups is 2. The van der Waals surface area contributed by atoms with Gasteiger partial charge in [-0.15, -0.1) is 0 Å². The molecule has 7 nitrogen and oxygen atoms in total. The number of rotatable bonds is 3. The number of amides is 2. The van der Waals surface area contributed by atoms with Crippen molar-refractivity contribution in [3.8, 4) is 23.0 Å². The van der Waals surface area contributed by atoms with Crippen LogP contribution in [-0.2, 0) is 16.0 Å². The number of nitrogens with zero attached hydrogens (tertiary/aromatic N) is 1. The largest absolute Gasteiger partial charge is 0.504 e. The van der Waals surface area contributed by atoms with Crippen molar-refractivity contribution in [3.63, 3.8) is 0 Å². The molecule has 0 radical (unpaired) electrons. The zero-order valence-electron chi connectivity index (χ0n) is 18.5. The predicted molar refractivity (Wildman–Crippen MR) is 116 cm³/mol. The van der Waals surface area contributed by atoms with Crippen LogP contribution in [0.25, 0.3) is 0 Å². The number of fused-ring (bicyclic) bond motifs is 6. The van der Waals surface area contributed by atoms with Gasteiger partial charge in [-0.25, -0.2) is 0 Å². The lowest BCUT2D eigenvalue weighted by atomic mass is 9.93. The Balaban J connectivity index is 1.67. The van der Waals surface area contributed by atoms with E-state index in [2.05, 4.69) is 5.32 Å². The van der Waals surface area contributed by atoms with E-state index in [1.54, 1.807) is 30.3 Å². The molecule has 0 spiro atoms. The number of ether oxygens (including phenoxy) is 2. The highest BCUT2D eigenvalue weighted by Gasteiger charge is 2.38. The maximum absolute atomic E-state index is 12.7. The molecule has 2 aromatic rings. The molecule has 2 aromatic carbocycles. The van der Waals surface area contributed by atoms with E-state index in [0.29, 0.717) is 17.9 Å². The van der Waals surface area contributed by atoms with E-state index in [9.17, 15) is 27.9 Å². The summed E-state index contributed by atoms with van der Waals surface area (Å²) in [4.78, 5) is 26.5. The van der Waals surface area contributed by atoms with Crippen LogP contribution >= 0.6 is 0 Å². The maximum atomic E-state index is 12.7. The minimum Gasteiger partial charge on any atom is -0.504 e. The fraction of sp³-hybridized carbons (Fsp3) is 0.417. The van der Waals surface area contributed by atoms with E-state index in [-0.39, 0.29) is 42.8 Å². The Labute approximate surface area is 194 Å². The molecular weight excluding hydrogens is 453 g/mol. The number of aromatic hydroxyl groups is 1. The van der Waals surface area contributed by atoms with Crippen molar-refractivity contribution in [2.24, 2.45) is 0 Å². The normalized spacial score (nSPS) is 20.2. The third-order valence-electron chi connectivity index (χ3n) is 6.14. The number of phenols is 1. The molecule has 2 heterocycles. The van der Waals surface area contributed by atoms with Crippen LogP contribution in [0.15, 0.2) is 36.4 Å². The van der Waals surface area contributed by atoms with Gasteiger partial charge in [0.15, 0.2) is 23.0 Å². The fourth-order valence-corrected chi connectivity index (χ4v) is 4.35. The van der Waals surface area contributed by atoms with Gasteiger partial charge in [0.25, 0.3) is 0 Å². The predicted octanol–water partition coefficient (Wildman–Crippen LogP) is 3.89. The standard InChI is InChI=1S/C24H25F3N2O5/c1-33-19-6-4-15-11-21(19)34-20-10-14(2-5-18(20)30)3-7-22(31)28-17-13-29(12-16(15)17)23(32)8-9-24(25,26)27/h2,4-6,10-11,16-17,30H,3,7-9,12-13H2,1H3,(H,28,31)/t16-,17+/m0/s1. The number of hydrogen-bond acceptors (Lipinski definition) is 5. The average molecular weight is 478 g/mol. The number of alkyl halides is 3. The van der Waals surface area contributed by atoms with Crippen molar-refractivity contribution < 1.29 is 37.3 Å². The second kappa shape index (κ2) is 9.44. The first-order chi connectivity index (χ1) is 16.1. The Morgan fingerprint density at radius 2 is 1.97 bits per heavy atom. The van der Waals surface area contributed by atoms with Gasteiger partial charge in [-0.2, -0.15) is 13.2 Å². The summed E-state index contributed by atoms with van der Waals surface area (Å²) >= 11 is 0. The number of benzene rings is 2. The van der Waals surface area contributed by atoms with Gasteiger partial charge >= 0.3 is 6.18 Å². The highest BCUT2D eigenvalue weighted by molar-refractivity contribution is 5.79. The second-order valence-electron chi connectivity index (χ2n) is 8.51. The van der Waals surface area contributed by atoms with Crippen molar-refractivity contribution in [1.29, 1.82) is 0 Å². The quantitative estimate of drug-likeness (QED) is 0.699. The smallest absolute Gasteiger partial charge is 0.389 e. The van der Waals surface area contributed by atoms with Crippen molar-refractivity contribution in [2.45, 2.75) is 43.8 Å². The number of nitrogens with one attached hydrogen (secondary N) is 1. The summed E-state index contributed by atoms with van der Waals surface area (Å²) < 4.78 is 49.2. The van der Waals surface area contributed by atoms with Gasteiger partial charge in [0.2, 0.25) is 11.8 Å². The maximum Gasteiger partial charge on any atom is 0.389 e. The van der Waals surface area contributed by atoms with Crippen LogP contribution in [0.5, 0.6) is 23.0 Å². The van der Waals surface area contributed by atoms with E-state index < -0.39 is 31.0 Å². The SMILES string of the molecule is COc1ccc2cc1Oc1cc(ccc1O)CCC(=O)N[C@@H]1CN(C(=O)CCC(F)(F)F)C[C@@H]21. The van der Waals surface area contributed by atoms with Crippen LogP contribution in [0.3, 0.4) is 0 Å². The highest BCUT2D eigenvalue weighted by atomic mass is 19.4. The van der Waals surface area contributed by atoms with Crippen LogP contribution in [0.4, 0.5) is 13.2 Å². The summed E-state index contributed by atoms with van der Waals surface area (Å²) in [7, 11) is 1.48. The Kier molecular flexibility index (Phi) is 6.58. The fourth-order valence-electron chi connectivity index (χ4n) is 4.35. The van der Waals surface area contributed by atoms with Crippen LogP contribution in [0.1, 0.15) is 36.3 Å². The molecule has 0 aromatic heterocycles. The van der Waals surface area contributed by atoms with Gasteiger partial charge in [-0.3, -0.25) is 9.59 Å². The van der Waals surface area contributed by atoms with Gasteiger partial charge in [-0.1, -0.05) is 12.1 Å². The minimum atomic E-state index is -4.42. The first-order valence-corrected chi connectivity index (χ1v) is 10.9. The average Bonchev–Trinajstić information content (AvgIpc) is 3.20. The molecular formula is C24H25F3N2O5. The molecule has 2 amide bonds. The van der Waals surface area contributed by atoms with Crippen molar-refractivity contribution >= 4 is 11.8 Å². The molecule has 0 unspecified atom stereocenters. The number of carbonyl (C=O) groups excluding carboxylic acids is 2. The third-order valence-corrected chi connectivity index (χ3v) is 6.14. The van der Waals surface area contributed by atoms with Gasteiger partial charge in [0.1, 0.15) is 0 Å². The third kappa shape index (κ3) is 5.37. The minimum absolute atomic E-state index is 0.0734. The van der Waals surface area contributed by atoms with E-state index in [1.807, 2.05) is 0 Å². The molecule has 1 saturated heterocycles. The molecule has 2 aliphatic rings. The Morgan fingerprint density at radius 1 is 1.18 bits per heavy atom. The Bertz CT molecular complexity index is 1090. The van der Waals surface area contributed by atoms with E-state index in [0.717, 1.165) is 11.1 Å². The number of hydrogen-bond donors (Lipinski definition) is 2. The molecule has 34 heavy (non-hydrogen) atoms. The zero-order chi connectivity index (χ0) is 24.5. The molecule has 1 fully saturated rings. The lowest BCUT2D eigenvalue weighted by Gasteiger charge is -2.21. The molecule has 0 saturated carbocycles. The second-order valence-corrected chi connectivity index (χ2v) is 8.51. The number of methoxy groups -OCH3 is 1. The number of likely N-dealkylation sites (tertiary alicyclic amines) is 1. The molecule has 10 heteroatoms. The molecule has 2 atom stereocenters. The van der Waals surface area contributed by atoms with Crippen molar-refractivity contribution in [1.82, 2.24) is 10.2 Å². The number of halogens is 3. The molecule has 4 rings (SSSR count). The van der Waals surface area contributed by atoms with Gasteiger partial charge < -0.3 is 24.8 Å². The summed E-state index contributed by atoms with van der Waals surface area (Å²) in [6.45, 7) is 0.274. The Morgan fingerprint density at radius 3 is 2.71 bits per heavy atom. The molecule has 2 N–H and O–H groups in total. The summed E-state index contributed by atoms with van der Waals surface area (Å²) in [5.74, 6) is -0.313. The lowest BCUT2D eigenvalue weighted by Crippen LogP contribution is -2.40. The van der Waals surface area contributed by atoms with E-state index >= 15 is 0 Å². The summed E-state index contributed by atoms with van der Waals surface area (Å²) in [6.07, 6.45) is -5.69. The van der Waals surface area contributed by atoms with Gasteiger partial charge in [0.05, 0.1) is 19.6 Å². The van der Waals surface area contributed by atoms with Crippen LogP contribution in [0.2, 0.25) is 0 Å². The molecule has 182 valence electrons. The van der Waals surface area contributed by atoms with Crippen LogP contribution in [0, 0.1) is 0 Å².